The molecule has 1 aliphatic heterocycles. The molecule has 1 atom stereocenters. The molecule has 3 aromatic rings. The second-order valence-electron chi connectivity index (χ2n) is 8.09. The molecule has 1 fully saturated rings. The Balaban J connectivity index is 1.38. The normalized spacial score (nSPS) is 17.1. The Hall–Kier alpha value is -2.79. The van der Waals surface area contributed by atoms with Gasteiger partial charge in [0.05, 0.1) is 25.0 Å². The van der Waals surface area contributed by atoms with Gasteiger partial charge in [0.25, 0.3) is 0 Å². The summed E-state index contributed by atoms with van der Waals surface area (Å²) >= 11 is 0. The molecule has 158 valence electrons. The van der Waals surface area contributed by atoms with E-state index < -0.39 is 0 Å². The first kappa shape index (κ1) is 20.5. The molecular formula is C25H30N2O3. The van der Waals surface area contributed by atoms with E-state index in [1.165, 1.54) is 18.4 Å². The topological polar surface area (TPSA) is 47.7 Å². The highest BCUT2D eigenvalue weighted by atomic mass is 16.5. The van der Waals surface area contributed by atoms with E-state index in [2.05, 4.69) is 24.0 Å². The molecule has 4 rings (SSSR count). The molecule has 1 aliphatic rings. The Morgan fingerprint density at radius 2 is 1.90 bits per heavy atom. The van der Waals surface area contributed by atoms with Gasteiger partial charge in [0, 0.05) is 19.0 Å². The van der Waals surface area contributed by atoms with Crippen LogP contribution in [0.5, 0.6) is 11.5 Å². The van der Waals surface area contributed by atoms with Crippen LogP contribution in [0.25, 0.3) is 11.5 Å². The predicted octanol–water partition coefficient (Wildman–Crippen LogP) is 5.26. The fraction of sp³-hybridized carbons (Fsp3) is 0.400. The third-order valence-electron chi connectivity index (χ3n) is 5.71. The largest absolute Gasteiger partial charge is 0.496 e. The molecule has 30 heavy (non-hydrogen) atoms. The van der Waals surface area contributed by atoms with Gasteiger partial charge in [-0.05, 0) is 57.5 Å². The van der Waals surface area contributed by atoms with Crippen LogP contribution in [0.15, 0.2) is 52.9 Å². The van der Waals surface area contributed by atoms with Gasteiger partial charge < -0.3 is 13.9 Å². The minimum absolute atomic E-state index is 0.529. The standard InChI is InChI=1S/C25H30N2O3/c1-18-10-12-21(13-11-18)29-17-20-7-6-14-27(15-20)16-23-19(2)30-25(26-23)22-8-4-5-9-24(22)28-3/h4-5,8-13,20H,6-7,14-17H2,1-3H3. The van der Waals surface area contributed by atoms with Crippen molar-refractivity contribution in [1.82, 2.24) is 9.88 Å². The lowest BCUT2D eigenvalue weighted by molar-refractivity contribution is 0.124. The van der Waals surface area contributed by atoms with E-state index in [4.69, 9.17) is 18.9 Å². The monoisotopic (exact) mass is 406 g/mol. The van der Waals surface area contributed by atoms with Crippen molar-refractivity contribution in [3.05, 3.63) is 65.5 Å². The molecule has 1 saturated heterocycles. The summed E-state index contributed by atoms with van der Waals surface area (Å²) in [5.41, 5.74) is 3.13. The number of aromatic nitrogens is 1. The summed E-state index contributed by atoms with van der Waals surface area (Å²) in [4.78, 5) is 7.25. The van der Waals surface area contributed by atoms with Gasteiger partial charge in [-0.3, -0.25) is 4.90 Å². The van der Waals surface area contributed by atoms with Gasteiger partial charge in [-0.1, -0.05) is 29.8 Å². The summed E-state index contributed by atoms with van der Waals surface area (Å²) < 4.78 is 17.5. The van der Waals surface area contributed by atoms with Gasteiger partial charge in [-0.2, -0.15) is 0 Å². The molecule has 0 spiro atoms. The molecule has 1 unspecified atom stereocenters. The number of hydrogen-bond acceptors (Lipinski definition) is 5. The van der Waals surface area contributed by atoms with Gasteiger partial charge in [0.2, 0.25) is 5.89 Å². The second-order valence-corrected chi connectivity index (χ2v) is 8.09. The van der Waals surface area contributed by atoms with E-state index in [0.717, 1.165) is 54.8 Å². The van der Waals surface area contributed by atoms with Crippen molar-refractivity contribution in [2.75, 3.05) is 26.8 Å². The van der Waals surface area contributed by atoms with Crippen LogP contribution >= 0.6 is 0 Å². The van der Waals surface area contributed by atoms with E-state index in [0.29, 0.717) is 11.8 Å². The van der Waals surface area contributed by atoms with Crippen LogP contribution < -0.4 is 9.47 Å². The maximum atomic E-state index is 6.04. The summed E-state index contributed by atoms with van der Waals surface area (Å²) in [5.74, 6) is 3.74. The highest BCUT2D eigenvalue weighted by molar-refractivity contribution is 5.62. The van der Waals surface area contributed by atoms with E-state index in [1.807, 2.05) is 43.3 Å². The fourth-order valence-corrected chi connectivity index (χ4v) is 4.00. The summed E-state index contributed by atoms with van der Waals surface area (Å²) in [6.07, 6.45) is 2.38. The van der Waals surface area contributed by atoms with Crippen LogP contribution in [0.3, 0.4) is 0 Å². The second kappa shape index (κ2) is 9.35. The van der Waals surface area contributed by atoms with Gasteiger partial charge in [-0.15, -0.1) is 0 Å². The lowest BCUT2D eigenvalue weighted by atomic mass is 9.99. The predicted molar refractivity (Wildman–Crippen MR) is 118 cm³/mol. The number of ether oxygens (including phenoxy) is 2. The molecular weight excluding hydrogens is 376 g/mol. The van der Waals surface area contributed by atoms with Crippen LogP contribution in [0.2, 0.25) is 0 Å². The Labute approximate surface area is 178 Å². The van der Waals surface area contributed by atoms with Crippen LogP contribution in [-0.2, 0) is 6.54 Å². The van der Waals surface area contributed by atoms with Crippen LogP contribution in [0, 0.1) is 19.8 Å². The van der Waals surface area contributed by atoms with Crippen LogP contribution in [0.4, 0.5) is 0 Å². The van der Waals surface area contributed by atoms with Crippen molar-refractivity contribution in [1.29, 1.82) is 0 Å². The highest BCUT2D eigenvalue weighted by Crippen LogP contribution is 2.31. The third kappa shape index (κ3) is 4.85. The lowest BCUT2D eigenvalue weighted by Crippen LogP contribution is -2.37. The van der Waals surface area contributed by atoms with Crippen molar-refractivity contribution < 1.29 is 13.9 Å². The average Bonchev–Trinajstić information content (AvgIpc) is 3.13. The number of oxazole rings is 1. The third-order valence-corrected chi connectivity index (χ3v) is 5.71. The number of aryl methyl sites for hydroxylation is 2. The minimum atomic E-state index is 0.529. The van der Waals surface area contributed by atoms with Crippen molar-refractivity contribution >= 4 is 0 Å². The Morgan fingerprint density at radius 3 is 2.70 bits per heavy atom. The molecule has 0 bridgehead atoms. The molecule has 0 amide bonds. The highest BCUT2D eigenvalue weighted by Gasteiger charge is 2.23. The van der Waals surface area contributed by atoms with Crippen molar-refractivity contribution in [3.8, 4) is 23.0 Å². The maximum Gasteiger partial charge on any atom is 0.230 e. The fourth-order valence-electron chi connectivity index (χ4n) is 4.00. The van der Waals surface area contributed by atoms with Gasteiger partial charge in [0.1, 0.15) is 17.3 Å². The SMILES string of the molecule is COc1ccccc1-c1nc(CN2CCCC(COc3ccc(C)cc3)C2)c(C)o1. The molecule has 0 saturated carbocycles. The molecule has 0 N–H and O–H groups in total. The molecule has 5 heteroatoms. The van der Waals surface area contributed by atoms with E-state index >= 15 is 0 Å². The summed E-state index contributed by atoms with van der Waals surface area (Å²) in [5, 5.41) is 0. The average molecular weight is 407 g/mol. The summed E-state index contributed by atoms with van der Waals surface area (Å²) in [6.45, 7) is 7.73. The van der Waals surface area contributed by atoms with Gasteiger partial charge in [-0.25, -0.2) is 4.98 Å². The number of piperidine rings is 1. The first-order valence-electron chi connectivity index (χ1n) is 10.6. The molecule has 0 radical (unpaired) electrons. The summed E-state index contributed by atoms with van der Waals surface area (Å²) in [6, 6.07) is 16.1. The number of benzene rings is 2. The maximum absolute atomic E-state index is 6.04. The number of nitrogens with zero attached hydrogens (tertiary/aromatic N) is 2. The van der Waals surface area contributed by atoms with E-state index in [-0.39, 0.29) is 0 Å². The first-order valence-corrected chi connectivity index (χ1v) is 10.6. The van der Waals surface area contributed by atoms with Crippen LogP contribution in [-0.4, -0.2) is 36.7 Å². The number of hydrogen-bond donors (Lipinski definition) is 0. The van der Waals surface area contributed by atoms with Crippen molar-refractivity contribution in [2.24, 2.45) is 5.92 Å². The first-order chi connectivity index (χ1) is 14.6. The Morgan fingerprint density at radius 1 is 1.10 bits per heavy atom. The van der Waals surface area contributed by atoms with E-state index in [9.17, 15) is 0 Å². The molecule has 1 aromatic heterocycles. The Bertz CT molecular complexity index is 965. The molecule has 5 nitrogen and oxygen atoms in total. The lowest BCUT2D eigenvalue weighted by Gasteiger charge is -2.32. The zero-order chi connectivity index (χ0) is 20.9. The number of likely N-dealkylation sites (tertiary alicyclic amines) is 1. The zero-order valence-electron chi connectivity index (χ0n) is 18.1. The quantitative estimate of drug-likeness (QED) is 0.536. The Kier molecular flexibility index (Phi) is 6.38. The number of rotatable bonds is 7. The number of para-hydroxylation sites is 1. The summed E-state index contributed by atoms with van der Waals surface area (Å²) in [7, 11) is 1.67. The minimum Gasteiger partial charge on any atom is -0.496 e. The van der Waals surface area contributed by atoms with Gasteiger partial charge in [0.15, 0.2) is 0 Å². The van der Waals surface area contributed by atoms with Crippen molar-refractivity contribution in [2.45, 2.75) is 33.2 Å². The molecule has 0 aliphatic carbocycles. The molecule has 2 heterocycles. The molecule has 2 aromatic carbocycles. The van der Waals surface area contributed by atoms with E-state index in [1.54, 1.807) is 7.11 Å². The van der Waals surface area contributed by atoms with Crippen molar-refractivity contribution in [3.63, 3.8) is 0 Å². The zero-order valence-corrected chi connectivity index (χ0v) is 18.1. The smallest absolute Gasteiger partial charge is 0.230 e. The number of methoxy groups -OCH3 is 1. The van der Waals surface area contributed by atoms with Gasteiger partial charge >= 0.3 is 0 Å². The van der Waals surface area contributed by atoms with Crippen LogP contribution in [0.1, 0.15) is 29.9 Å².